The van der Waals surface area contributed by atoms with Gasteiger partial charge in [0.2, 0.25) is 0 Å². The molecular formula is C27H28N4O3. The van der Waals surface area contributed by atoms with E-state index < -0.39 is 11.4 Å². The van der Waals surface area contributed by atoms with E-state index in [9.17, 15) is 15.2 Å². The summed E-state index contributed by atoms with van der Waals surface area (Å²) in [5.74, 6) is -0.457. The maximum Gasteiger partial charge on any atom is 0.335 e. The molecule has 1 saturated heterocycles. The van der Waals surface area contributed by atoms with Gasteiger partial charge in [-0.25, -0.2) is 4.79 Å². The van der Waals surface area contributed by atoms with Crippen molar-refractivity contribution in [3.05, 3.63) is 53.9 Å². The van der Waals surface area contributed by atoms with Crippen LogP contribution < -0.4 is 0 Å². The predicted molar refractivity (Wildman–Crippen MR) is 131 cm³/mol. The lowest BCUT2D eigenvalue weighted by Gasteiger charge is -2.30. The van der Waals surface area contributed by atoms with Gasteiger partial charge in [-0.1, -0.05) is 26.0 Å². The molecule has 4 aromatic rings. The molecule has 34 heavy (non-hydrogen) atoms. The average molecular weight is 457 g/mol. The lowest BCUT2D eigenvalue weighted by Crippen LogP contribution is -2.26. The van der Waals surface area contributed by atoms with E-state index in [2.05, 4.69) is 46.8 Å². The molecule has 0 saturated carbocycles. The highest BCUT2D eigenvalue weighted by Gasteiger charge is 2.32. The summed E-state index contributed by atoms with van der Waals surface area (Å²) >= 11 is 0. The van der Waals surface area contributed by atoms with E-state index in [1.54, 1.807) is 12.1 Å². The lowest BCUT2D eigenvalue weighted by molar-refractivity contribution is 0.0612. The number of carbonyl (C=O) groups is 1. The molecular weight excluding hydrogens is 428 g/mol. The van der Waals surface area contributed by atoms with Gasteiger partial charge in [0.05, 0.1) is 23.3 Å². The molecule has 2 aromatic carbocycles. The van der Waals surface area contributed by atoms with Crippen LogP contribution in [0.25, 0.3) is 32.9 Å². The van der Waals surface area contributed by atoms with E-state index in [-0.39, 0.29) is 5.56 Å². The van der Waals surface area contributed by atoms with E-state index in [1.165, 1.54) is 0 Å². The van der Waals surface area contributed by atoms with Crippen LogP contribution >= 0.6 is 0 Å². The number of rotatable bonds is 6. The standard InChI is InChI=1S/C27H28N4O3/c1-27(2,9-10-28)25-24(18-3-5-19(6-4-18)26(32)33)21-14-22-20(15-29-30-22)13-23(21)31(25)16-17-7-11-34-12-8-17/h3-6,13-15,17H,7-9,11-12,16H2,1-2H3,(H,29,30)(H,32,33). The third kappa shape index (κ3) is 3.84. The Kier molecular flexibility index (Phi) is 5.62. The summed E-state index contributed by atoms with van der Waals surface area (Å²) in [5, 5.41) is 28.5. The largest absolute Gasteiger partial charge is 0.478 e. The number of hydrogen-bond donors (Lipinski definition) is 2. The molecule has 2 N–H and O–H groups in total. The zero-order chi connectivity index (χ0) is 23.9. The van der Waals surface area contributed by atoms with Gasteiger partial charge < -0.3 is 14.4 Å². The molecule has 174 valence electrons. The summed E-state index contributed by atoms with van der Waals surface area (Å²) in [6.45, 7) is 6.63. The number of aromatic amines is 1. The average Bonchev–Trinajstić information content (AvgIpc) is 3.41. The highest BCUT2D eigenvalue weighted by Crippen LogP contribution is 2.44. The first-order valence-corrected chi connectivity index (χ1v) is 11.7. The summed E-state index contributed by atoms with van der Waals surface area (Å²) < 4.78 is 8.00. The minimum Gasteiger partial charge on any atom is -0.478 e. The minimum absolute atomic E-state index is 0.253. The van der Waals surface area contributed by atoms with Crippen molar-refractivity contribution in [2.45, 2.75) is 45.1 Å². The van der Waals surface area contributed by atoms with E-state index >= 15 is 0 Å². The number of nitriles is 1. The molecule has 0 aliphatic carbocycles. The second-order valence-corrected chi connectivity index (χ2v) is 9.82. The highest BCUT2D eigenvalue weighted by atomic mass is 16.5. The quantitative estimate of drug-likeness (QED) is 0.399. The molecule has 5 rings (SSSR count). The van der Waals surface area contributed by atoms with Crippen molar-refractivity contribution in [1.82, 2.24) is 14.8 Å². The Hall–Kier alpha value is -3.63. The number of carboxylic acid groups (broad SMARTS) is 1. The summed E-state index contributed by atoms with van der Waals surface area (Å²) in [6, 6.07) is 13.7. The number of aromatic nitrogens is 3. The Bertz CT molecular complexity index is 1400. The number of hydrogen-bond acceptors (Lipinski definition) is 4. The number of nitrogens with zero attached hydrogens (tertiary/aromatic N) is 3. The lowest BCUT2D eigenvalue weighted by atomic mass is 9.81. The fourth-order valence-electron chi connectivity index (χ4n) is 5.22. The summed E-state index contributed by atoms with van der Waals surface area (Å²) in [6.07, 6.45) is 4.22. The van der Waals surface area contributed by atoms with Crippen molar-refractivity contribution in [3.63, 3.8) is 0 Å². The molecule has 2 aromatic heterocycles. The summed E-state index contributed by atoms with van der Waals surface area (Å²) in [7, 11) is 0. The number of H-pyrrole nitrogens is 1. The van der Waals surface area contributed by atoms with Crippen LogP contribution in [0.2, 0.25) is 0 Å². The van der Waals surface area contributed by atoms with Crippen molar-refractivity contribution in [3.8, 4) is 17.2 Å². The topological polar surface area (TPSA) is 104 Å². The predicted octanol–water partition coefficient (Wildman–Crippen LogP) is 5.50. The molecule has 1 aliphatic heterocycles. The zero-order valence-electron chi connectivity index (χ0n) is 19.5. The van der Waals surface area contributed by atoms with Crippen LogP contribution in [0, 0.1) is 17.2 Å². The molecule has 0 radical (unpaired) electrons. The van der Waals surface area contributed by atoms with Crippen LogP contribution in [-0.4, -0.2) is 39.1 Å². The molecule has 0 spiro atoms. The monoisotopic (exact) mass is 456 g/mol. The second kappa shape index (κ2) is 8.62. The first-order chi connectivity index (χ1) is 16.4. The Labute approximate surface area is 198 Å². The van der Waals surface area contributed by atoms with Crippen molar-refractivity contribution in [2.75, 3.05) is 13.2 Å². The van der Waals surface area contributed by atoms with Gasteiger partial charge in [-0.05, 0) is 48.6 Å². The van der Waals surface area contributed by atoms with Crippen molar-refractivity contribution in [2.24, 2.45) is 5.92 Å². The second-order valence-electron chi connectivity index (χ2n) is 9.82. The minimum atomic E-state index is -0.947. The third-order valence-electron chi connectivity index (χ3n) is 6.99. The van der Waals surface area contributed by atoms with Crippen LogP contribution in [0.3, 0.4) is 0 Å². The van der Waals surface area contributed by atoms with Gasteiger partial charge in [-0.15, -0.1) is 0 Å². The van der Waals surface area contributed by atoms with E-state index in [0.29, 0.717) is 12.3 Å². The maximum absolute atomic E-state index is 11.5. The number of nitrogens with one attached hydrogen (secondary N) is 1. The van der Waals surface area contributed by atoms with Crippen molar-refractivity contribution >= 4 is 27.8 Å². The van der Waals surface area contributed by atoms with E-state index in [0.717, 1.165) is 71.2 Å². The van der Waals surface area contributed by atoms with Crippen LogP contribution in [0.15, 0.2) is 42.6 Å². The first-order valence-electron chi connectivity index (χ1n) is 11.7. The highest BCUT2D eigenvalue weighted by molar-refractivity contribution is 6.05. The normalized spacial score (nSPS) is 15.1. The van der Waals surface area contributed by atoms with Gasteiger partial charge >= 0.3 is 5.97 Å². The fraction of sp³-hybridized carbons (Fsp3) is 0.370. The Morgan fingerprint density at radius 1 is 1.26 bits per heavy atom. The Morgan fingerprint density at radius 3 is 2.68 bits per heavy atom. The van der Waals surface area contributed by atoms with Gasteiger partial charge in [-0.2, -0.15) is 10.4 Å². The Balaban J connectivity index is 1.81. The molecule has 0 amide bonds. The van der Waals surface area contributed by atoms with Crippen LogP contribution in [0.5, 0.6) is 0 Å². The van der Waals surface area contributed by atoms with Crippen molar-refractivity contribution in [1.29, 1.82) is 5.26 Å². The smallest absolute Gasteiger partial charge is 0.335 e. The number of benzene rings is 2. The number of ether oxygens (including phenoxy) is 1. The zero-order valence-corrected chi connectivity index (χ0v) is 19.5. The molecule has 1 fully saturated rings. The van der Waals surface area contributed by atoms with Crippen LogP contribution in [0.1, 0.15) is 49.2 Å². The summed E-state index contributed by atoms with van der Waals surface area (Å²) in [5.41, 5.74) is 5.01. The van der Waals surface area contributed by atoms with Gasteiger partial charge in [0.15, 0.2) is 0 Å². The van der Waals surface area contributed by atoms with Crippen LogP contribution in [-0.2, 0) is 16.7 Å². The summed E-state index contributed by atoms with van der Waals surface area (Å²) in [4.78, 5) is 11.5. The molecule has 0 atom stereocenters. The van der Waals surface area contributed by atoms with Crippen molar-refractivity contribution < 1.29 is 14.6 Å². The van der Waals surface area contributed by atoms with Gasteiger partial charge in [0.25, 0.3) is 0 Å². The molecule has 1 aliphatic rings. The number of carboxylic acids is 1. The molecule has 0 unspecified atom stereocenters. The van der Waals surface area contributed by atoms with Gasteiger partial charge in [0, 0.05) is 59.1 Å². The van der Waals surface area contributed by atoms with Gasteiger partial charge in [-0.3, -0.25) is 5.10 Å². The Morgan fingerprint density at radius 2 is 2.00 bits per heavy atom. The SMILES string of the molecule is CC(C)(CC#N)c1c(-c2ccc(C(=O)O)cc2)c2cc3[nH]ncc3cc2n1CC1CCOCC1. The maximum atomic E-state index is 11.5. The van der Waals surface area contributed by atoms with Crippen LogP contribution in [0.4, 0.5) is 0 Å². The molecule has 7 nitrogen and oxygen atoms in total. The fourth-order valence-corrected chi connectivity index (χ4v) is 5.22. The molecule has 0 bridgehead atoms. The third-order valence-corrected chi connectivity index (χ3v) is 6.99. The van der Waals surface area contributed by atoms with Gasteiger partial charge in [0.1, 0.15) is 0 Å². The number of aromatic carboxylic acids is 1. The van der Waals surface area contributed by atoms with E-state index in [1.807, 2.05) is 18.3 Å². The molecule has 3 heterocycles. The van der Waals surface area contributed by atoms with E-state index in [4.69, 9.17) is 4.74 Å². The first kappa shape index (κ1) is 22.2. The molecule has 7 heteroatoms. The number of fused-ring (bicyclic) bond motifs is 2.